The molecule has 1 aromatic heterocycles. The molecule has 0 fully saturated rings. The molecule has 0 unspecified atom stereocenters. The largest absolute Gasteiger partial charge is 0.493 e. The number of fused-ring (bicyclic) bond motifs is 6. The quantitative estimate of drug-likeness (QED) is 0.181. The number of amides is 2. The van der Waals surface area contributed by atoms with Crippen LogP contribution < -0.4 is 24.7 Å². The number of nitrogen functional groups attached to an aromatic ring is 1. The van der Waals surface area contributed by atoms with E-state index < -0.39 is 0 Å². The lowest BCUT2D eigenvalue weighted by atomic mass is 9.93. The zero-order valence-corrected chi connectivity index (χ0v) is 30.4. The SMILES string of the molecule is COc1cc2c(cc1OCc1cccc(COc3cc4c(cc3OC)C(=O)N3Cc5cc(N)ccc5C[C@H]3C=N4)n1)N=C[C@@H]1Cc3ccccc3CN1C2=O. The lowest BCUT2D eigenvalue weighted by Crippen LogP contribution is -2.44. The van der Waals surface area contributed by atoms with Crippen molar-refractivity contribution >= 4 is 41.3 Å². The van der Waals surface area contributed by atoms with Gasteiger partial charge < -0.3 is 34.5 Å². The highest BCUT2D eigenvalue weighted by molar-refractivity contribution is 6.04. The Morgan fingerprint density at radius 2 is 1.15 bits per heavy atom. The van der Waals surface area contributed by atoms with Gasteiger partial charge in [0.05, 0.1) is 60.2 Å². The highest BCUT2D eigenvalue weighted by Crippen LogP contribution is 2.40. The highest BCUT2D eigenvalue weighted by atomic mass is 16.5. The maximum atomic E-state index is 13.8. The Morgan fingerprint density at radius 3 is 1.71 bits per heavy atom. The molecule has 55 heavy (non-hydrogen) atoms. The number of aliphatic imine (C=N–C) groups is 2. The fourth-order valence-corrected chi connectivity index (χ4v) is 7.72. The molecule has 2 N–H and O–H groups in total. The Hall–Kier alpha value is -6.69. The number of nitrogens with two attached hydrogens (primary N) is 1. The summed E-state index contributed by atoms with van der Waals surface area (Å²) in [5.41, 5.74) is 14.6. The van der Waals surface area contributed by atoms with Gasteiger partial charge in [-0.05, 0) is 71.5 Å². The Bertz CT molecular complexity index is 2430. The molecule has 5 heterocycles. The van der Waals surface area contributed by atoms with Crippen molar-refractivity contribution in [1.82, 2.24) is 14.8 Å². The van der Waals surface area contributed by atoms with Crippen molar-refractivity contribution in [2.24, 2.45) is 9.98 Å². The summed E-state index contributed by atoms with van der Waals surface area (Å²) in [7, 11) is 3.09. The minimum absolute atomic E-state index is 0.0940. The zero-order chi connectivity index (χ0) is 37.6. The van der Waals surface area contributed by atoms with Gasteiger partial charge in [-0.15, -0.1) is 0 Å². The van der Waals surface area contributed by atoms with Gasteiger partial charge >= 0.3 is 0 Å². The van der Waals surface area contributed by atoms with Crippen LogP contribution in [0.3, 0.4) is 0 Å². The van der Waals surface area contributed by atoms with Crippen LogP contribution in [0.2, 0.25) is 0 Å². The summed E-state index contributed by atoms with van der Waals surface area (Å²) >= 11 is 0. The third-order valence-electron chi connectivity index (χ3n) is 10.6. The number of carbonyl (C=O) groups excluding carboxylic acids is 2. The zero-order valence-electron chi connectivity index (χ0n) is 30.4. The van der Waals surface area contributed by atoms with Crippen molar-refractivity contribution < 1.29 is 28.5 Å². The standard InChI is InChI=1S/C43H38N6O6/c1-52-38-15-34-36(45-19-32-13-25-6-3-4-7-27(25)21-48(32)42(34)50)17-40(38)54-23-30-8-5-9-31(47-30)24-55-41-18-37-35(16-39(41)53-2)43(51)49-22-28-12-29(44)11-10-26(28)14-33(49)20-46-37/h3-12,15-20,32-33H,13-14,21-24,44H2,1-2H3/t32-,33-/m0/s1. The van der Waals surface area contributed by atoms with Crippen LogP contribution in [0.4, 0.5) is 17.1 Å². The fourth-order valence-electron chi connectivity index (χ4n) is 7.72. The van der Waals surface area contributed by atoms with Crippen LogP contribution in [0.5, 0.6) is 23.0 Å². The molecule has 12 nitrogen and oxygen atoms in total. The van der Waals surface area contributed by atoms with Crippen molar-refractivity contribution in [3.63, 3.8) is 0 Å². The molecular weight excluding hydrogens is 697 g/mol. The topological polar surface area (TPSA) is 141 Å². The summed E-state index contributed by atoms with van der Waals surface area (Å²) in [6.07, 6.45) is 5.05. The lowest BCUT2D eigenvalue weighted by molar-refractivity contribution is 0.0696. The molecule has 276 valence electrons. The van der Waals surface area contributed by atoms with Crippen LogP contribution in [0, 0.1) is 0 Å². The number of aromatic nitrogens is 1. The van der Waals surface area contributed by atoms with Gasteiger partial charge in [0.2, 0.25) is 0 Å². The van der Waals surface area contributed by atoms with E-state index in [1.54, 1.807) is 38.5 Å². The van der Waals surface area contributed by atoms with Crippen LogP contribution in [-0.2, 0) is 39.1 Å². The summed E-state index contributed by atoms with van der Waals surface area (Å²) in [5.74, 6) is 1.51. The average molecular weight is 735 g/mol. The third kappa shape index (κ3) is 6.39. The van der Waals surface area contributed by atoms with E-state index in [1.807, 2.05) is 70.8 Å². The lowest BCUT2D eigenvalue weighted by Gasteiger charge is -2.34. The van der Waals surface area contributed by atoms with Crippen molar-refractivity contribution in [2.45, 2.75) is 51.2 Å². The van der Waals surface area contributed by atoms with Gasteiger partial charge in [0.15, 0.2) is 23.0 Å². The van der Waals surface area contributed by atoms with Crippen LogP contribution in [0.15, 0.2) is 94.9 Å². The summed E-state index contributed by atoms with van der Waals surface area (Å²) < 4.78 is 23.8. The molecule has 0 spiro atoms. The van der Waals surface area contributed by atoms with Crippen LogP contribution >= 0.6 is 0 Å². The van der Waals surface area contributed by atoms with Gasteiger partial charge in [0.1, 0.15) is 13.2 Å². The summed E-state index contributed by atoms with van der Waals surface area (Å²) in [6, 6.07) is 26.2. The predicted molar refractivity (Wildman–Crippen MR) is 207 cm³/mol. The molecule has 0 radical (unpaired) electrons. The maximum Gasteiger partial charge on any atom is 0.257 e. The molecule has 0 saturated heterocycles. The average Bonchev–Trinajstić information content (AvgIpc) is 3.42. The molecule has 0 bridgehead atoms. The molecular formula is C43H38N6O6. The Morgan fingerprint density at radius 1 is 0.618 bits per heavy atom. The molecule has 2 amide bonds. The van der Waals surface area contributed by atoms with Gasteiger partial charge in [0, 0.05) is 43.3 Å². The van der Waals surface area contributed by atoms with Gasteiger partial charge in [-0.25, -0.2) is 0 Å². The summed E-state index contributed by atoms with van der Waals surface area (Å²) in [4.78, 5) is 45.5. The fraction of sp³-hybridized carbons (Fsp3) is 0.233. The normalized spacial score (nSPS) is 17.8. The number of carbonyl (C=O) groups is 2. The first-order chi connectivity index (χ1) is 26.8. The van der Waals surface area contributed by atoms with Gasteiger partial charge in [0.25, 0.3) is 11.8 Å². The molecule has 9 rings (SSSR count). The summed E-state index contributed by atoms with van der Waals surface area (Å²) in [5, 5.41) is 0. The third-order valence-corrected chi connectivity index (χ3v) is 10.6. The first-order valence-electron chi connectivity index (χ1n) is 18.1. The maximum absolute atomic E-state index is 13.8. The molecule has 12 heteroatoms. The number of methoxy groups -OCH3 is 2. The number of ether oxygens (including phenoxy) is 4. The minimum Gasteiger partial charge on any atom is -0.493 e. The highest BCUT2D eigenvalue weighted by Gasteiger charge is 2.35. The van der Waals surface area contributed by atoms with Crippen LogP contribution in [-0.4, -0.2) is 65.3 Å². The Kier molecular flexibility index (Phi) is 8.64. The number of nitrogens with zero attached hydrogens (tertiary/aromatic N) is 5. The van der Waals surface area contributed by atoms with Crippen molar-refractivity contribution in [2.75, 3.05) is 20.0 Å². The number of hydrogen-bond donors (Lipinski definition) is 1. The second-order valence-electron chi connectivity index (χ2n) is 14.0. The van der Waals surface area contributed by atoms with Crippen LogP contribution in [0.25, 0.3) is 0 Å². The van der Waals surface area contributed by atoms with E-state index in [0.29, 0.717) is 88.5 Å². The van der Waals surface area contributed by atoms with Gasteiger partial charge in [-0.1, -0.05) is 36.4 Å². The molecule has 0 saturated carbocycles. The molecule has 5 aromatic rings. The Balaban J connectivity index is 0.895. The first kappa shape index (κ1) is 34.1. The molecule has 0 aliphatic carbocycles. The first-order valence-corrected chi connectivity index (χ1v) is 18.1. The number of rotatable bonds is 8. The second-order valence-corrected chi connectivity index (χ2v) is 14.0. The number of pyridine rings is 1. The van der Waals surface area contributed by atoms with E-state index in [1.165, 1.54) is 5.56 Å². The number of benzene rings is 4. The monoisotopic (exact) mass is 734 g/mol. The number of hydrogen-bond acceptors (Lipinski definition) is 10. The smallest absolute Gasteiger partial charge is 0.257 e. The van der Waals surface area contributed by atoms with Crippen molar-refractivity contribution in [3.05, 3.63) is 130 Å². The van der Waals surface area contributed by atoms with Crippen LogP contribution in [0.1, 0.15) is 54.4 Å². The molecule has 4 aromatic carbocycles. The van der Waals surface area contributed by atoms with E-state index >= 15 is 0 Å². The van der Waals surface area contributed by atoms with E-state index in [0.717, 1.165) is 16.7 Å². The summed E-state index contributed by atoms with van der Waals surface area (Å²) in [6.45, 7) is 1.24. The second kappa shape index (κ2) is 13.9. The number of anilines is 1. The van der Waals surface area contributed by atoms with Crippen molar-refractivity contribution in [3.8, 4) is 23.0 Å². The van der Waals surface area contributed by atoms with E-state index in [9.17, 15) is 9.59 Å². The molecule has 4 aliphatic rings. The van der Waals surface area contributed by atoms with E-state index in [2.05, 4.69) is 12.1 Å². The van der Waals surface area contributed by atoms with Gasteiger partial charge in [-0.2, -0.15) is 0 Å². The molecule has 2 atom stereocenters. The minimum atomic E-state index is -0.178. The van der Waals surface area contributed by atoms with E-state index in [4.69, 9.17) is 39.6 Å². The molecule has 4 aliphatic heterocycles. The Labute approximate surface area is 317 Å². The van der Waals surface area contributed by atoms with Gasteiger partial charge in [-0.3, -0.25) is 24.6 Å². The van der Waals surface area contributed by atoms with Crippen molar-refractivity contribution in [1.29, 1.82) is 0 Å². The van der Waals surface area contributed by atoms with E-state index in [-0.39, 0.29) is 37.1 Å². The predicted octanol–water partition coefficient (Wildman–Crippen LogP) is 6.41.